The van der Waals surface area contributed by atoms with Crippen LogP contribution in [0.5, 0.6) is 0 Å². The van der Waals surface area contributed by atoms with Crippen LogP contribution in [0.1, 0.15) is 27.6 Å². The van der Waals surface area contributed by atoms with E-state index in [0.717, 1.165) is 16.1 Å². The predicted molar refractivity (Wildman–Crippen MR) is 111 cm³/mol. The van der Waals surface area contributed by atoms with Crippen LogP contribution in [0.4, 0.5) is 5.69 Å². The van der Waals surface area contributed by atoms with Gasteiger partial charge in [0.2, 0.25) is 5.89 Å². The van der Waals surface area contributed by atoms with Crippen molar-refractivity contribution in [1.82, 2.24) is 19.7 Å². The molecule has 0 radical (unpaired) electrons. The van der Waals surface area contributed by atoms with Gasteiger partial charge >= 0.3 is 0 Å². The average molecular weight is 405 g/mol. The van der Waals surface area contributed by atoms with Gasteiger partial charge in [0, 0.05) is 36.4 Å². The van der Waals surface area contributed by atoms with Crippen LogP contribution in [0.2, 0.25) is 0 Å². The Kier molecular flexibility index (Phi) is 5.71. The molecule has 0 aliphatic heterocycles. The van der Waals surface area contributed by atoms with Crippen LogP contribution in [0.3, 0.4) is 0 Å². The molecule has 4 aromatic rings. The van der Waals surface area contributed by atoms with E-state index < -0.39 is 0 Å². The molecule has 2 aromatic carbocycles. The molecule has 29 heavy (non-hydrogen) atoms. The molecule has 0 saturated carbocycles. The molecular weight excluding hydrogens is 386 g/mol. The third-order valence-corrected chi connectivity index (χ3v) is 5.24. The zero-order valence-electron chi connectivity index (χ0n) is 15.8. The maximum absolute atomic E-state index is 12.9. The predicted octanol–water partition coefficient (Wildman–Crippen LogP) is 4.17. The van der Waals surface area contributed by atoms with Crippen molar-refractivity contribution >= 4 is 23.4 Å². The van der Waals surface area contributed by atoms with Crippen molar-refractivity contribution in [3.63, 3.8) is 0 Å². The quantitative estimate of drug-likeness (QED) is 0.465. The molecule has 0 bridgehead atoms. The van der Waals surface area contributed by atoms with Gasteiger partial charge in [-0.25, -0.2) is 4.98 Å². The third-order valence-electron chi connectivity index (χ3n) is 4.17. The molecule has 1 amide bonds. The van der Waals surface area contributed by atoms with Crippen LogP contribution in [-0.2, 0) is 12.3 Å². The van der Waals surface area contributed by atoms with Gasteiger partial charge in [-0.1, -0.05) is 29.4 Å². The molecule has 1 N–H and O–H groups in total. The first-order valence-electron chi connectivity index (χ1n) is 9.04. The number of carbonyl (C=O) groups excluding carboxylic acids is 1. The molecule has 0 saturated heterocycles. The third kappa shape index (κ3) is 4.91. The highest BCUT2D eigenvalue weighted by atomic mass is 32.2. The van der Waals surface area contributed by atoms with Crippen molar-refractivity contribution in [3.8, 4) is 0 Å². The summed E-state index contributed by atoms with van der Waals surface area (Å²) in [5, 5.41) is 6.89. The van der Waals surface area contributed by atoms with Crippen LogP contribution in [0.15, 0.2) is 76.7 Å². The zero-order valence-corrected chi connectivity index (χ0v) is 16.6. The summed E-state index contributed by atoms with van der Waals surface area (Å²) in [7, 11) is 0. The Hall–Kier alpha value is -3.39. The highest BCUT2D eigenvalue weighted by Crippen LogP contribution is 2.26. The number of thioether (sulfide) groups is 1. The minimum Gasteiger partial charge on any atom is -0.340 e. The SMILES string of the molecule is Cc1nc(CSc2ccccc2C(=O)Nc2cccc(Cn3ccnc3)c2)no1. The standard InChI is InChI=1S/C21H19N5O2S/c1-15-23-20(25-28-15)13-29-19-8-3-2-7-18(19)21(27)24-17-6-4-5-16(11-17)12-26-10-9-22-14-26/h2-11,14H,12-13H2,1H3,(H,24,27). The van der Waals surface area contributed by atoms with Gasteiger partial charge in [-0.05, 0) is 29.8 Å². The number of rotatable bonds is 7. The number of amides is 1. The molecule has 0 fully saturated rings. The van der Waals surface area contributed by atoms with Crippen LogP contribution in [-0.4, -0.2) is 25.6 Å². The Labute approximate surface area is 172 Å². The fourth-order valence-electron chi connectivity index (χ4n) is 2.86. The Balaban J connectivity index is 1.46. The van der Waals surface area contributed by atoms with Crippen molar-refractivity contribution in [3.05, 3.63) is 90.1 Å². The van der Waals surface area contributed by atoms with E-state index in [2.05, 4.69) is 20.4 Å². The fraction of sp³-hybridized carbons (Fsp3) is 0.143. The molecule has 2 aromatic heterocycles. The number of benzene rings is 2. The molecule has 7 nitrogen and oxygen atoms in total. The molecule has 0 spiro atoms. The van der Waals surface area contributed by atoms with Crippen LogP contribution in [0, 0.1) is 6.92 Å². The van der Waals surface area contributed by atoms with E-state index in [1.165, 1.54) is 11.8 Å². The van der Waals surface area contributed by atoms with Gasteiger partial charge in [0.25, 0.3) is 5.91 Å². The molecule has 0 atom stereocenters. The molecule has 0 aliphatic rings. The van der Waals surface area contributed by atoms with Gasteiger partial charge in [-0.2, -0.15) is 4.98 Å². The Morgan fingerprint density at radius 3 is 2.90 bits per heavy atom. The first-order valence-corrected chi connectivity index (χ1v) is 10.0. The first-order chi connectivity index (χ1) is 14.2. The average Bonchev–Trinajstić information content (AvgIpc) is 3.38. The second-order valence-corrected chi connectivity index (χ2v) is 7.42. The molecule has 146 valence electrons. The monoisotopic (exact) mass is 405 g/mol. The molecule has 0 unspecified atom stereocenters. The highest BCUT2D eigenvalue weighted by molar-refractivity contribution is 7.98. The van der Waals surface area contributed by atoms with Crippen LogP contribution in [0.25, 0.3) is 0 Å². The Bertz CT molecular complexity index is 1110. The first kappa shape index (κ1) is 18.9. The number of hydrogen-bond donors (Lipinski definition) is 1. The van der Waals surface area contributed by atoms with Gasteiger partial charge in [0.05, 0.1) is 17.6 Å². The number of anilines is 1. The lowest BCUT2D eigenvalue weighted by Crippen LogP contribution is -2.13. The number of aryl methyl sites for hydroxylation is 1. The van der Waals surface area contributed by atoms with Crippen molar-refractivity contribution in [1.29, 1.82) is 0 Å². The maximum Gasteiger partial charge on any atom is 0.256 e. The summed E-state index contributed by atoms with van der Waals surface area (Å²) in [4.78, 5) is 22.0. The fourth-order valence-corrected chi connectivity index (χ4v) is 3.75. The van der Waals surface area contributed by atoms with E-state index in [4.69, 9.17) is 4.52 Å². The lowest BCUT2D eigenvalue weighted by Gasteiger charge is -2.11. The number of nitrogens with zero attached hydrogens (tertiary/aromatic N) is 4. The summed E-state index contributed by atoms with van der Waals surface area (Å²) in [6.07, 6.45) is 5.42. The van der Waals surface area contributed by atoms with Crippen LogP contribution < -0.4 is 5.32 Å². The van der Waals surface area contributed by atoms with Gasteiger partial charge in [-0.15, -0.1) is 11.8 Å². The van der Waals surface area contributed by atoms with E-state index in [1.807, 2.05) is 59.3 Å². The maximum atomic E-state index is 12.9. The minimum atomic E-state index is -0.155. The summed E-state index contributed by atoms with van der Waals surface area (Å²) in [6.45, 7) is 2.45. The molecule has 4 rings (SSSR count). The second kappa shape index (κ2) is 8.74. The Morgan fingerprint density at radius 2 is 2.10 bits per heavy atom. The van der Waals surface area contributed by atoms with Gasteiger partial charge in [0.1, 0.15) is 0 Å². The number of imidazole rings is 1. The number of aromatic nitrogens is 4. The summed E-state index contributed by atoms with van der Waals surface area (Å²) >= 11 is 1.50. The van der Waals surface area contributed by atoms with Crippen molar-refractivity contribution < 1.29 is 9.32 Å². The topological polar surface area (TPSA) is 85.8 Å². The number of nitrogens with one attached hydrogen (secondary N) is 1. The molecule has 2 heterocycles. The summed E-state index contributed by atoms with van der Waals surface area (Å²) in [5.74, 6) is 1.51. The minimum absolute atomic E-state index is 0.155. The van der Waals surface area contributed by atoms with Gasteiger partial charge in [-0.3, -0.25) is 4.79 Å². The molecular formula is C21H19N5O2S. The van der Waals surface area contributed by atoms with E-state index >= 15 is 0 Å². The Morgan fingerprint density at radius 1 is 1.21 bits per heavy atom. The van der Waals surface area contributed by atoms with E-state index in [0.29, 0.717) is 29.6 Å². The summed E-state index contributed by atoms with van der Waals surface area (Å²) in [6, 6.07) is 15.3. The lowest BCUT2D eigenvalue weighted by atomic mass is 10.1. The highest BCUT2D eigenvalue weighted by Gasteiger charge is 2.13. The van der Waals surface area contributed by atoms with Gasteiger partial charge < -0.3 is 14.4 Å². The zero-order chi connectivity index (χ0) is 20.1. The second-order valence-electron chi connectivity index (χ2n) is 6.40. The summed E-state index contributed by atoms with van der Waals surface area (Å²) in [5.41, 5.74) is 2.44. The van der Waals surface area contributed by atoms with Crippen molar-refractivity contribution in [2.75, 3.05) is 5.32 Å². The summed E-state index contributed by atoms with van der Waals surface area (Å²) < 4.78 is 6.98. The van der Waals surface area contributed by atoms with E-state index in [-0.39, 0.29) is 5.91 Å². The van der Waals surface area contributed by atoms with Crippen LogP contribution >= 0.6 is 11.8 Å². The number of hydrogen-bond acceptors (Lipinski definition) is 6. The number of carbonyl (C=O) groups is 1. The normalized spacial score (nSPS) is 10.8. The molecule has 8 heteroatoms. The lowest BCUT2D eigenvalue weighted by molar-refractivity contribution is 0.102. The van der Waals surface area contributed by atoms with Gasteiger partial charge in [0.15, 0.2) is 5.82 Å². The van der Waals surface area contributed by atoms with E-state index in [9.17, 15) is 4.79 Å². The van der Waals surface area contributed by atoms with E-state index in [1.54, 1.807) is 19.4 Å². The molecule has 0 aliphatic carbocycles. The smallest absolute Gasteiger partial charge is 0.256 e. The van der Waals surface area contributed by atoms with Crippen molar-refractivity contribution in [2.45, 2.75) is 24.1 Å². The van der Waals surface area contributed by atoms with Crippen molar-refractivity contribution in [2.24, 2.45) is 0 Å². The largest absolute Gasteiger partial charge is 0.340 e.